The molecule has 0 saturated heterocycles. The van der Waals surface area contributed by atoms with Gasteiger partial charge in [0.05, 0.1) is 17.7 Å². The normalized spacial score (nSPS) is 11.1. The van der Waals surface area contributed by atoms with Crippen LogP contribution in [0.25, 0.3) is 0 Å². The van der Waals surface area contributed by atoms with E-state index >= 15 is 0 Å². The number of aryl methyl sites for hydroxylation is 1. The van der Waals surface area contributed by atoms with Crippen LogP contribution in [0.4, 0.5) is 10.1 Å². The first kappa shape index (κ1) is 25.6. The number of methoxy groups -OCH3 is 1. The Kier molecular flexibility index (Phi) is 8.95. The van der Waals surface area contributed by atoms with Crippen molar-refractivity contribution in [1.29, 1.82) is 0 Å². The number of halogens is 1. The van der Waals surface area contributed by atoms with Crippen LogP contribution in [0.3, 0.4) is 0 Å². The molecule has 1 N–H and O–H groups in total. The second-order valence-corrected chi connectivity index (χ2v) is 10.5. The Morgan fingerprint density at radius 2 is 1.76 bits per heavy atom. The minimum atomic E-state index is -4.10. The van der Waals surface area contributed by atoms with Crippen LogP contribution in [0, 0.1) is 12.7 Å². The topological polar surface area (TPSA) is 75.7 Å². The Balaban J connectivity index is 1.65. The summed E-state index contributed by atoms with van der Waals surface area (Å²) in [6.07, 6.45) is 0. The first-order valence-electron chi connectivity index (χ1n) is 10.6. The number of ether oxygens (including phenoxy) is 1. The number of hydrogen-bond acceptors (Lipinski definition) is 5. The molecule has 0 atom stereocenters. The number of benzene rings is 3. The van der Waals surface area contributed by atoms with E-state index in [0.717, 1.165) is 22.2 Å². The molecule has 3 aromatic carbocycles. The van der Waals surface area contributed by atoms with Gasteiger partial charge in [-0.1, -0.05) is 29.8 Å². The average Bonchev–Trinajstić information content (AvgIpc) is 2.82. The zero-order chi connectivity index (χ0) is 24.6. The van der Waals surface area contributed by atoms with Gasteiger partial charge in [0, 0.05) is 18.1 Å². The number of carbonyl (C=O) groups is 1. The fraction of sp³-hybridized carbons (Fsp3) is 0.240. The molecule has 3 rings (SSSR count). The van der Waals surface area contributed by atoms with Gasteiger partial charge in [0.15, 0.2) is 0 Å². The molecule has 0 aliphatic heterocycles. The number of hydrogen-bond donors (Lipinski definition) is 1. The summed E-state index contributed by atoms with van der Waals surface area (Å²) in [5, 5.41) is 2.79. The van der Waals surface area contributed by atoms with Crippen molar-refractivity contribution in [2.24, 2.45) is 0 Å². The number of nitrogens with zero attached hydrogens (tertiary/aromatic N) is 1. The quantitative estimate of drug-likeness (QED) is 0.394. The summed E-state index contributed by atoms with van der Waals surface area (Å²) in [6.45, 7) is 2.04. The molecule has 0 saturated carbocycles. The minimum absolute atomic E-state index is 0.105. The smallest absolute Gasteiger partial charge is 0.264 e. The molecule has 0 unspecified atom stereocenters. The van der Waals surface area contributed by atoms with Gasteiger partial charge in [-0.15, -0.1) is 0 Å². The molecule has 9 heteroatoms. The number of amides is 1. The summed E-state index contributed by atoms with van der Waals surface area (Å²) >= 11 is 1.68. The minimum Gasteiger partial charge on any atom is -0.497 e. The Hall–Kier alpha value is -3.04. The first-order valence-corrected chi connectivity index (χ1v) is 13.2. The lowest BCUT2D eigenvalue weighted by atomic mass is 10.2. The largest absolute Gasteiger partial charge is 0.497 e. The molecule has 0 radical (unpaired) electrons. The number of thioether (sulfide) groups is 1. The Bertz CT molecular complexity index is 1200. The van der Waals surface area contributed by atoms with Gasteiger partial charge in [-0.3, -0.25) is 9.10 Å². The summed E-state index contributed by atoms with van der Waals surface area (Å²) < 4.78 is 46.0. The molecule has 0 aliphatic rings. The van der Waals surface area contributed by atoms with E-state index in [1.54, 1.807) is 36.0 Å². The molecule has 34 heavy (non-hydrogen) atoms. The fourth-order valence-electron chi connectivity index (χ4n) is 3.24. The molecule has 3 aromatic rings. The highest BCUT2D eigenvalue weighted by molar-refractivity contribution is 7.98. The van der Waals surface area contributed by atoms with Crippen LogP contribution in [-0.4, -0.2) is 40.3 Å². The standard InChI is InChI=1S/C25H27FN2O4S2/c1-19-4-3-5-20(16-19)18-33-15-14-27-25(29)17-28(22-8-10-23(32-2)11-9-22)34(30,31)24-12-6-21(26)7-13-24/h3-13,16H,14-15,17-18H2,1-2H3,(H,27,29). The predicted molar refractivity (Wildman–Crippen MR) is 134 cm³/mol. The van der Waals surface area contributed by atoms with Crippen molar-refractivity contribution in [2.45, 2.75) is 17.6 Å². The number of nitrogens with one attached hydrogen (secondary N) is 1. The van der Waals surface area contributed by atoms with Crippen molar-refractivity contribution in [1.82, 2.24) is 5.32 Å². The molecule has 0 heterocycles. The van der Waals surface area contributed by atoms with Gasteiger partial charge in [0.25, 0.3) is 10.0 Å². The molecular weight excluding hydrogens is 475 g/mol. The summed E-state index contributed by atoms with van der Waals surface area (Å²) in [4.78, 5) is 12.5. The number of rotatable bonds is 11. The zero-order valence-corrected chi connectivity index (χ0v) is 20.7. The molecule has 0 bridgehead atoms. The van der Waals surface area contributed by atoms with Gasteiger partial charge in [0.2, 0.25) is 5.91 Å². The molecule has 0 aromatic heterocycles. The fourth-order valence-corrected chi connectivity index (χ4v) is 5.47. The highest BCUT2D eigenvalue weighted by Gasteiger charge is 2.27. The van der Waals surface area contributed by atoms with E-state index in [4.69, 9.17) is 4.74 Å². The molecule has 0 aliphatic carbocycles. The summed E-state index contributed by atoms with van der Waals surface area (Å²) in [5.41, 5.74) is 2.72. The molecule has 6 nitrogen and oxygen atoms in total. The van der Waals surface area contributed by atoms with Gasteiger partial charge < -0.3 is 10.1 Å². The zero-order valence-electron chi connectivity index (χ0n) is 19.0. The van der Waals surface area contributed by atoms with E-state index in [1.807, 2.05) is 19.1 Å². The predicted octanol–water partition coefficient (Wildman–Crippen LogP) is 4.39. The Morgan fingerprint density at radius 1 is 1.06 bits per heavy atom. The lowest BCUT2D eigenvalue weighted by Gasteiger charge is -2.24. The van der Waals surface area contributed by atoms with Crippen molar-refractivity contribution in [3.05, 3.63) is 89.7 Å². The van der Waals surface area contributed by atoms with E-state index in [9.17, 15) is 17.6 Å². The van der Waals surface area contributed by atoms with E-state index in [2.05, 4.69) is 17.4 Å². The van der Waals surface area contributed by atoms with Gasteiger partial charge >= 0.3 is 0 Å². The van der Waals surface area contributed by atoms with E-state index in [0.29, 0.717) is 23.7 Å². The first-order chi connectivity index (χ1) is 16.3. The monoisotopic (exact) mass is 502 g/mol. The maximum Gasteiger partial charge on any atom is 0.264 e. The number of sulfonamides is 1. The summed E-state index contributed by atoms with van der Waals surface area (Å²) in [5.74, 6) is 1.09. The molecule has 180 valence electrons. The van der Waals surface area contributed by atoms with Crippen LogP contribution in [0.5, 0.6) is 5.75 Å². The van der Waals surface area contributed by atoms with Crippen LogP contribution >= 0.6 is 11.8 Å². The van der Waals surface area contributed by atoms with E-state index in [1.165, 1.54) is 30.4 Å². The van der Waals surface area contributed by atoms with E-state index < -0.39 is 28.3 Å². The van der Waals surface area contributed by atoms with Crippen LogP contribution < -0.4 is 14.4 Å². The van der Waals surface area contributed by atoms with E-state index in [-0.39, 0.29) is 4.90 Å². The van der Waals surface area contributed by atoms with Crippen molar-refractivity contribution in [3.8, 4) is 5.75 Å². The highest BCUT2D eigenvalue weighted by Crippen LogP contribution is 2.26. The van der Waals surface area contributed by atoms with Gasteiger partial charge in [-0.2, -0.15) is 11.8 Å². The third-order valence-corrected chi connectivity index (χ3v) is 7.79. The maximum absolute atomic E-state index is 13.3. The number of carbonyl (C=O) groups excluding carboxylic acids is 1. The van der Waals surface area contributed by atoms with Gasteiger partial charge in [0.1, 0.15) is 18.1 Å². The maximum atomic E-state index is 13.3. The SMILES string of the molecule is COc1ccc(N(CC(=O)NCCSCc2cccc(C)c2)S(=O)(=O)c2ccc(F)cc2)cc1. The lowest BCUT2D eigenvalue weighted by Crippen LogP contribution is -2.41. The average molecular weight is 503 g/mol. The summed E-state index contributed by atoms with van der Waals surface area (Å²) in [6, 6.07) is 19.1. The molecule has 1 amide bonds. The Morgan fingerprint density at radius 3 is 2.41 bits per heavy atom. The van der Waals surface area contributed by atoms with Gasteiger partial charge in [-0.05, 0) is 61.0 Å². The van der Waals surface area contributed by atoms with Crippen LogP contribution in [-0.2, 0) is 20.6 Å². The van der Waals surface area contributed by atoms with Crippen LogP contribution in [0.2, 0.25) is 0 Å². The molecular formula is C25H27FN2O4S2. The van der Waals surface area contributed by atoms with Gasteiger partial charge in [-0.25, -0.2) is 12.8 Å². The third kappa shape index (κ3) is 6.98. The third-order valence-electron chi connectivity index (χ3n) is 4.97. The van der Waals surface area contributed by atoms with Crippen molar-refractivity contribution in [2.75, 3.05) is 30.3 Å². The molecule has 0 fully saturated rings. The summed E-state index contributed by atoms with van der Waals surface area (Å²) in [7, 11) is -2.59. The Labute approximate surface area is 204 Å². The lowest BCUT2D eigenvalue weighted by molar-refractivity contribution is -0.119. The number of anilines is 1. The van der Waals surface area contributed by atoms with Crippen molar-refractivity contribution < 1.29 is 22.3 Å². The second kappa shape index (κ2) is 11.9. The van der Waals surface area contributed by atoms with Crippen molar-refractivity contribution >= 4 is 33.4 Å². The second-order valence-electron chi connectivity index (χ2n) is 7.56. The molecule has 0 spiro atoms. The van der Waals surface area contributed by atoms with Crippen LogP contribution in [0.1, 0.15) is 11.1 Å². The van der Waals surface area contributed by atoms with Crippen LogP contribution in [0.15, 0.2) is 77.7 Å². The van der Waals surface area contributed by atoms with Crippen molar-refractivity contribution in [3.63, 3.8) is 0 Å². The highest BCUT2D eigenvalue weighted by atomic mass is 32.2.